The van der Waals surface area contributed by atoms with Crippen LogP contribution in [0.2, 0.25) is 0 Å². The van der Waals surface area contributed by atoms with Crippen molar-refractivity contribution in [3.8, 4) is 0 Å². The molecule has 0 radical (unpaired) electrons. The minimum Gasteiger partial charge on any atom is -0.465 e. The second-order valence-corrected chi connectivity index (χ2v) is 5.50. The first-order valence-electron chi connectivity index (χ1n) is 6.05. The molecule has 0 aliphatic carbocycles. The molecule has 2 aliphatic rings. The Kier molecular flexibility index (Phi) is 2.98. The van der Waals surface area contributed by atoms with Gasteiger partial charge in [-0.25, -0.2) is 0 Å². The number of nitrogens with zero attached hydrogens (tertiary/aromatic N) is 1. The summed E-state index contributed by atoms with van der Waals surface area (Å²) in [4.78, 5) is 25.9. The highest BCUT2D eigenvalue weighted by atomic mass is 16.5. The molecule has 0 aromatic carbocycles. The number of amides is 1. The molecule has 0 N–H and O–H groups in total. The molecule has 2 heterocycles. The second kappa shape index (κ2) is 4.17. The van der Waals surface area contributed by atoms with Crippen molar-refractivity contribution in [3.63, 3.8) is 0 Å². The van der Waals surface area contributed by atoms with E-state index in [1.165, 1.54) is 0 Å². The van der Waals surface area contributed by atoms with Gasteiger partial charge < -0.3 is 9.64 Å². The number of cyclic esters (lactones) is 1. The van der Waals surface area contributed by atoms with Crippen LogP contribution in [0, 0.1) is 17.3 Å². The fourth-order valence-corrected chi connectivity index (χ4v) is 2.35. The Bertz CT molecular complexity index is 365. The molecular weight excluding hydrogens is 218 g/mol. The van der Waals surface area contributed by atoms with Gasteiger partial charge in [0.1, 0.15) is 5.92 Å². The summed E-state index contributed by atoms with van der Waals surface area (Å²) >= 11 is 0. The zero-order valence-electron chi connectivity index (χ0n) is 10.6. The number of hydrogen-bond acceptors (Lipinski definition) is 3. The van der Waals surface area contributed by atoms with E-state index in [-0.39, 0.29) is 23.2 Å². The minimum atomic E-state index is -0.661. The smallest absolute Gasteiger partial charge is 0.319 e. The van der Waals surface area contributed by atoms with Gasteiger partial charge in [0, 0.05) is 13.1 Å². The van der Waals surface area contributed by atoms with Gasteiger partial charge in [0.2, 0.25) is 5.91 Å². The minimum absolute atomic E-state index is 0.100. The summed E-state index contributed by atoms with van der Waals surface area (Å²) in [5, 5.41) is 0. The van der Waals surface area contributed by atoms with Crippen LogP contribution in [0.3, 0.4) is 0 Å². The van der Waals surface area contributed by atoms with E-state index in [9.17, 15) is 9.59 Å². The highest BCUT2D eigenvalue weighted by Crippen LogP contribution is 2.40. The summed E-state index contributed by atoms with van der Waals surface area (Å²) in [7, 11) is 0. The molecule has 17 heavy (non-hydrogen) atoms. The van der Waals surface area contributed by atoms with E-state index >= 15 is 0 Å². The first-order chi connectivity index (χ1) is 7.94. The largest absolute Gasteiger partial charge is 0.465 e. The lowest BCUT2D eigenvalue weighted by Crippen LogP contribution is -2.52. The first-order valence-corrected chi connectivity index (χ1v) is 6.05. The van der Waals surface area contributed by atoms with Gasteiger partial charge in [-0.3, -0.25) is 9.59 Å². The lowest BCUT2D eigenvalue weighted by atomic mass is 9.68. The molecule has 1 amide bonds. The molecule has 94 valence electrons. The summed E-state index contributed by atoms with van der Waals surface area (Å²) in [5.41, 5.74) is -0.338. The van der Waals surface area contributed by atoms with E-state index in [1.807, 2.05) is 32.9 Å². The normalized spacial score (nSPS) is 31.5. The van der Waals surface area contributed by atoms with E-state index < -0.39 is 5.92 Å². The third-order valence-electron chi connectivity index (χ3n) is 4.10. The molecule has 4 heteroatoms. The molecular formula is C13H19NO3. The first kappa shape index (κ1) is 12.1. The number of rotatable bonds is 1. The van der Waals surface area contributed by atoms with Gasteiger partial charge in [-0.1, -0.05) is 32.9 Å². The van der Waals surface area contributed by atoms with Crippen molar-refractivity contribution in [2.24, 2.45) is 17.3 Å². The molecule has 0 bridgehead atoms. The van der Waals surface area contributed by atoms with Gasteiger partial charge in [-0.15, -0.1) is 0 Å². The molecule has 4 nitrogen and oxygen atoms in total. The second-order valence-electron chi connectivity index (χ2n) is 5.50. The van der Waals surface area contributed by atoms with Gasteiger partial charge in [0.05, 0.1) is 6.61 Å². The van der Waals surface area contributed by atoms with Gasteiger partial charge in [0.25, 0.3) is 0 Å². The van der Waals surface area contributed by atoms with E-state index in [0.29, 0.717) is 19.7 Å². The van der Waals surface area contributed by atoms with E-state index in [1.54, 1.807) is 4.90 Å². The molecule has 0 spiro atoms. The van der Waals surface area contributed by atoms with Crippen molar-refractivity contribution < 1.29 is 14.3 Å². The Balaban J connectivity index is 2.21. The van der Waals surface area contributed by atoms with E-state index in [2.05, 4.69) is 0 Å². The molecule has 0 unspecified atom stereocenters. The van der Waals surface area contributed by atoms with Gasteiger partial charge in [0.15, 0.2) is 0 Å². The van der Waals surface area contributed by atoms with E-state index in [0.717, 1.165) is 0 Å². The van der Waals surface area contributed by atoms with Crippen LogP contribution in [0.1, 0.15) is 20.8 Å². The third kappa shape index (κ3) is 1.96. The number of ether oxygens (including phenoxy) is 1. The molecule has 1 saturated heterocycles. The quantitative estimate of drug-likeness (QED) is 0.391. The Labute approximate surface area is 102 Å². The standard InChI is InChI=1S/C13H19NO3/c1-9-8-17-12(16)10(13(9,2)3)11(15)14-6-4-5-7-14/h4-5,9-10H,6-8H2,1-3H3/t9-,10+/m1/s1. The topological polar surface area (TPSA) is 46.6 Å². The Hall–Kier alpha value is -1.32. The lowest BCUT2D eigenvalue weighted by Gasteiger charge is -2.42. The number of esters is 1. The fourth-order valence-electron chi connectivity index (χ4n) is 2.35. The summed E-state index contributed by atoms with van der Waals surface area (Å²) in [6, 6.07) is 0. The van der Waals surface area contributed by atoms with Crippen LogP contribution in [0.4, 0.5) is 0 Å². The van der Waals surface area contributed by atoms with Gasteiger partial charge in [-0.05, 0) is 11.3 Å². The summed E-state index contributed by atoms with van der Waals surface area (Å²) < 4.78 is 5.11. The maximum Gasteiger partial charge on any atom is 0.319 e. The monoisotopic (exact) mass is 237 g/mol. The number of carbonyl (C=O) groups excluding carboxylic acids is 2. The number of carbonyl (C=O) groups is 2. The van der Waals surface area contributed by atoms with Crippen molar-refractivity contribution in [2.45, 2.75) is 20.8 Å². The van der Waals surface area contributed by atoms with Crippen LogP contribution in [0.15, 0.2) is 12.2 Å². The molecule has 0 saturated carbocycles. The average molecular weight is 237 g/mol. The Morgan fingerprint density at radius 2 is 2.00 bits per heavy atom. The van der Waals surface area contributed by atoms with Crippen molar-refractivity contribution in [1.82, 2.24) is 4.90 Å². The van der Waals surface area contributed by atoms with Crippen molar-refractivity contribution in [3.05, 3.63) is 12.2 Å². The number of hydrogen-bond donors (Lipinski definition) is 0. The predicted molar refractivity (Wildman–Crippen MR) is 63.1 cm³/mol. The molecule has 0 aromatic rings. The van der Waals surface area contributed by atoms with E-state index in [4.69, 9.17) is 4.74 Å². The summed E-state index contributed by atoms with van der Waals surface area (Å²) in [6.07, 6.45) is 3.89. The highest BCUT2D eigenvalue weighted by Gasteiger charge is 2.50. The molecule has 2 aliphatic heterocycles. The highest BCUT2D eigenvalue weighted by molar-refractivity contribution is 5.99. The van der Waals surface area contributed by atoms with Crippen molar-refractivity contribution in [1.29, 1.82) is 0 Å². The van der Waals surface area contributed by atoms with Crippen LogP contribution >= 0.6 is 0 Å². The molecule has 2 rings (SSSR count). The van der Waals surface area contributed by atoms with Crippen molar-refractivity contribution >= 4 is 11.9 Å². The molecule has 2 atom stereocenters. The molecule has 0 aromatic heterocycles. The fraction of sp³-hybridized carbons (Fsp3) is 0.692. The van der Waals surface area contributed by atoms with Gasteiger partial charge in [-0.2, -0.15) is 0 Å². The van der Waals surface area contributed by atoms with Crippen LogP contribution < -0.4 is 0 Å². The molecule has 1 fully saturated rings. The SMILES string of the molecule is C[C@@H]1COC(=O)[C@H](C(=O)N2CC=CC2)C1(C)C. The van der Waals surface area contributed by atoms with Crippen LogP contribution in [0.25, 0.3) is 0 Å². The summed E-state index contributed by atoms with van der Waals surface area (Å²) in [5.74, 6) is -0.933. The predicted octanol–water partition coefficient (Wildman–Crippen LogP) is 1.22. The maximum atomic E-state index is 12.4. The Morgan fingerprint density at radius 1 is 1.41 bits per heavy atom. The van der Waals surface area contributed by atoms with Crippen LogP contribution in [-0.4, -0.2) is 36.5 Å². The summed E-state index contributed by atoms with van der Waals surface area (Å²) in [6.45, 7) is 7.59. The maximum absolute atomic E-state index is 12.4. The third-order valence-corrected chi connectivity index (χ3v) is 4.10. The lowest BCUT2D eigenvalue weighted by molar-refractivity contribution is -0.174. The van der Waals surface area contributed by atoms with Crippen LogP contribution in [-0.2, 0) is 14.3 Å². The van der Waals surface area contributed by atoms with Crippen molar-refractivity contribution in [2.75, 3.05) is 19.7 Å². The van der Waals surface area contributed by atoms with Crippen LogP contribution in [0.5, 0.6) is 0 Å². The zero-order valence-corrected chi connectivity index (χ0v) is 10.6. The van der Waals surface area contributed by atoms with Gasteiger partial charge >= 0.3 is 5.97 Å². The average Bonchev–Trinajstić information content (AvgIpc) is 2.77. The zero-order chi connectivity index (χ0) is 12.6. The Morgan fingerprint density at radius 3 is 2.59 bits per heavy atom.